The van der Waals surface area contributed by atoms with E-state index in [0.29, 0.717) is 34.2 Å². The van der Waals surface area contributed by atoms with Gasteiger partial charge in [-0.2, -0.15) is 0 Å². The summed E-state index contributed by atoms with van der Waals surface area (Å²) in [6.07, 6.45) is 3.27. The topological polar surface area (TPSA) is 71.5 Å². The number of pyridine rings is 1. The van der Waals surface area contributed by atoms with Crippen LogP contribution in [-0.4, -0.2) is 28.3 Å². The highest BCUT2D eigenvalue weighted by Crippen LogP contribution is 2.34. The lowest BCUT2D eigenvalue weighted by Gasteiger charge is -2.16. The zero-order chi connectivity index (χ0) is 22.7. The number of nitrogens with one attached hydrogen (secondary N) is 1. The molecule has 0 fully saturated rings. The van der Waals surface area contributed by atoms with Crippen LogP contribution in [-0.2, 0) is 16.1 Å². The Hall–Kier alpha value is -3.64. The summed E-state index contributed by atoms with van der Waals surface area (Å²) >= 11 is 6.26. The van der Waals surface area contributed by atoms with E-state index in [4.69, 9.17) is 16.3 Å². The summed E-state index contributed by atoms with van der Waals surface area (Å²) in [5.41, 5.74) is 3.44. The van der Waals surface area contributed by atoms with Crippen molar-refractivity contribution >= 4 is 34.7 Å². The summed E-state index contributed by atoms with van der Waals surface area (Å²) in [5.74, 6) is -0.0596. The van der Waals surface area contributed by atoms with Gasteiger partial charge in [-0.15, -0.1) is 0 Å². The molecule has 6 nitrogen and oxygen atoms in total. The highest BCUT2D eigenvalue weighted by atomic mass is 35.5. The molecule has 162 valence electrons. The van der Waals surface area contributed by atoms with Gasteiger partial charge in [0, 0.05) is 23.1 Å². The Labute approximate surface area is 191 Å². The van der Waals surface area contributed by atoms with Gasteiger partial charge in [0.05, 0.1) is 18.7 Å². The quantitative estimate of drug-likeness (QED) is 0.525. The van der Waals surface area contributed by atoms with Crippen LogP contribution in [0.5, 0.6) is 5.75 Å². The number of amides is 2. The maximum Gasteiger partial charge on any atom is 0.278 e. The van der Waals surface area contributed by atoms with E-state index in [1.54, 1.807) is 60.9 Å². The minimum absolute atomic E-state index is 0.153. The maximum absolute atomic E-state index is 13.4. The number of benzene rings is 2. The predicted octanol–water partition coefficient (Wildman–Crippen LogP) is 4.83. The molecule has 4 rings (SSSR count). The molecule has 0 saturated heterocycles. The Balaban J connectivity index is 1.75. The number of hydrogen-bond acceptors (Lipinski definition) is 5. The number of aromatic nitrogens is 1. The maximum atomic E-state index is 13.4. The lowest BCUT2D eigenvalue weighted by atomic mass is 10.0. The molecule has 0 atom stereocenters. The van der Waals surface area contributed by atoms with Crippen LogP contribution in [0.1, 0.15) is 23.6 Å². The third kappa shape index (κ3) is 4.22. The first kappa shape index (κ1) is 21.6. The van der Waals surface area contributed by atoms with E-state index < -0.39 is 5.91 Å². The summed E-state index contributed by atoms with van der Waals surface area (Å²) in [6.45, 7) is 4.46. The van der Waals surface area contributed by atoms with E-state index in [0.717, 1.165) is 11.1 Å². The molecule has 1 aliphatic heterocycles. The van der Waals surface area contributed by atoms with Crippen LogP contribution in [0.3, 0.4) is 0 Å². The molecular formula is C25H22ClN3O3. The summed E-state index contributed by atoms with van der Waals surface area (Å²) in [4.78, 5) is 32.0. The van der Waals surface area contributed by atoms with Crippen LogP contribution in [0.2, 0.25) is 5.02 Å². The SMILES string of the molecule is CCOc1ccc(C2=C(Nc3cccc(Cl)c3C)C(=O)N(Cc3ccncc3)C2=O)cc1. The van der Waals surface area contributed by atoms with Crippen molar-refractivity contribution in [2.75, 3.05) is 11.9 Å². The fourth-order valence-corrected chi connectivity index (χ4v) is 3.71. The largest absolute Gasteiger partial charge is 0.494 e. The van der Waals surface area contributed by atoms with Gasteiger partial charge in [-0.1, -0.05) is 29.8 Å². The summed E-state index contributed by atoms with van der Waals surface area (Å²) in [5, 5.41) is 3.75. The van der Waals surface area contributed by atoms with Gasteiger partial charge in [0.25, 0.3) is 11.8 Å². The second-order valence-electron chi connectivity index (χ2n) is 7.30. The van der Waals surface area contributed by atoms with Gasteiger partial charge in [-0.25, -0.2) is 0 Å². The summed E-state index contributed by atoms with van der Waals surface area (Å²) in [7, 11) is 0. The second kappa shape index (κ2) is 9.24. The van der Waals surface area contributed by atoms with Gasteiger partial charge < -0.3 is 10.1 Å². The highest BCUT2D eigenvalue weighted by molar-refractivity contribution is 6.36. The molecule has 0 spiro atoms. The third-order valence-electron chi connectivity index (χ3n) is 5.24. The van der Waals surface area contributed by atoms with Gasteiger partial charge in [0.1, 0.15) is 11.4 Å². The average Bonchev–Trinajstić information content (AvgIpc) is 3.03. The first-order valence-corrected chi connectivity index (χ1v) is 10.6. The predicted molar refractivity (Wildman–Crippen MR) is 124 cm³/mol. The van der Waals surface area contributed by atoms with E-state index in [1.807, 2.05) is 19.9 Å². The van der Waals surface area contributed by atoms with E-state index in [-0.39, 0.29) is 18.1 Å². The van der Waals surface area contributed by atoms with Gasteiger partial charge >= 0.3 is 0 Å². The standard InChI is InChI=1S/C25H22ClN3O3/c1-3-32-19-9-7-18(8-10-19)22-23(28-21-6-4-5-20(26)16(21)2)25(31)29(24(22)30)15-17-11-13-27-14-12-17/h4-14,28H,3,15H2,1-2H3. The number of carbonyl (C=O) groups excluding carboxylic acids is 2. The molecule has 3 aromatic rings. The normalized spacial score (nSPS) is 13.7. The first-order chi connectivity index (χ1) is 15.5. The van der Waals surface area contributed by atoms with Gasteiger partial charge in [-0.05, 0) is 66.9 Å². The van der Waals surface area contributed by atoms with Crippen molar-refractivity contribution in [3.05, 3.63) is 94.4 Å². The number of imide groups is 1. The highest BCUT2D eigenvalue weighted by Gasteiger charge is 2.39. The first-order valence-electron chi connectivity index (χ1n) is 10.2. The molecule has 1 N–H and O–H groups in total. The molecule has 2 heterocycles. The fourth-order valence-electron chi connectivity index (χ4n) is 3.54. The second-order valence-corrected chi connectivity index (χ2v) is 7.70. The summed E-state index contributed by atoms with van der Waals surface area (Å²) in [6, 6.07) is 16.1. The zero-order valence-electron chi connectivity index (χ0n) is 17.8. The van der Waals surface area contributed by atoms with E-state index in [2.05, 4.69) is 10.3 Å². The van der Waals surface area contributed by atoms with Crippen LogP contribution in [0.4, 0.5) is 5.69 Å². The minimum atomic E-state index is -0.393. The number of ether oxygens (including phenoxy) is 1. The van der Waals surface area contributed by atoms with Gasteiger partial charge in [0.2, 0.25) is 0 Å². The summed E-state index contributed by atoms with van der Waals surface area (Å²) < 4.78 is 5.51. The molecule has 32 heavy (non-hydrogen) atoms. The zero-order valence-corrected chi connectivity index (χ0v) is 18.5. The minimum Gasteiger partial charge on any atom is -0.494 e. The molecule has 0 unspecified atom stereocenters. The Morgan fingerprint density at radius 2 is 1.72 bits per heavy atom. The molecule has 7 heteroatoms. The van der Waals surface area contributed by atoms with Crippen molar-refractivity contribution in [1.29, 1.82) is 0 Å². The Morgan fingerprint density at radius 3 is 2.41 bits per heavy atom. The van der Waals surface area contributed by atoms with Crippen molar-refractivity contribution < 1.29 is 14.3 Å². The molecular weight excluding hydrogens is 426 g/mol. The van der Waals surface area contributed by atoms with Gasteiger partial charge in [-0.3, -0.25) is 19.5 Å². The number of halogens is 1. The number of rotatable bonds is 7. The number of hydrogen-bond donors (Lipinski definition) is 1. The molecule has 0 aliphatic carbocycles. The Morgan fingerprint density at radius 1 is 1.00 bits per heavy atom. The number of anilines is 1. The van der Waals surface area contributed by atoms with Crippen LogP contribution >= 0.6 is 11.6 Å². The number of carbonyl (C=O) groups is 2. The molecule has 2 amide bonds. The Kier molecular flexibility index (Phi) is 6.23. The lowest BCUT2D eigenvalue weighted by molar-refractivity contribution is -0.137. The average molecular weight is 448 g/mol. The van der Waals surface area contributed by atoms with Crippen LogP contribution in [0, 0.1) is 6.92 Å². The molecule has 0 bridgehead atoms. The van der Waals surface area contributed by atoms with E-state index in [9.17, 15) is 9.59 Å². The smallest absolute Gasteiger partial charge is 0.278 e. The molecule has 0 radical (unpaired) electrons. The van der Waals surface area contributed by atoms with E-state index >= 15 is 0 Å². The van der Waals surface area contributed by atoms with Crippen molar-refractivity contribution in [2.24, 2.45) is 0 Å². The molecule has 1 aromatic heterocycles. The van der Waals surface area contributed by atoms with Crippen LogP contribution < -0.4 is 10.1 Å². The van der Waals surface area contributed by atoms with Crippen molar-refractivity contribution in [3.63, 3.8) is 0 Å². The van der Waals surface area contributed by atoms with Crippen LogP contribution in [0.15, 0.2) is 72.7 Å². The van der Waals surface area contributed by atoms with E-state index in [1.165, 1.54) is 4.90 Å². The fraction of sp³-hybridized carbons (Fsp3) is 0.160. The van der Waals surface area contributed by atoms with Crippen molar-refractivity contribution in [1.82, 2.24) is 9.88 Å². The van der Waals surface area contributed by atoms with Crippen molar-refractivity contribution in [3.8, 4) is 5.75 Å². The molecule has 0 saturated carbocycles. The monoisotopic (exact) mass is 447 g/mol. The molecule has 2 aromatic carbocycles. The lowest BCUT2D eigenvalue weighted by Crippen LogP contribution is -2.32. The molecule has 1 aliphatic rings. The van der Waals surface area contributed by atoms with Gasteiger partial charge in [0.15, 0.2) is 0 Å². The number of nitrogens with zero attached hydrogens (tertiary/aromatic N) is 2. The Bertz CT molecular complexity index is 1190. The van der Waals surface area contributed by atoms with Crippen molar-refractivity contribution in [2.45, 2.75) is 20.4 Å². The third-order valence-corrected chi connectivity index (χ3v) is 5.65. The van der Waals surface area contributed by atoms with Crippen LogP contribution in [0.25, 0.3) is 5.57 Å².